The molecule has 0 saturated carbocycles. The van der Waals surface area contributed by atoms with E-state index in [-0.39, 0.29) is 5.75 Å². The van der Waals surface area contributed by atoms with Gasteiger partial charge in [-0.2, -0.15) is 8.78 Å². The zero-order valence-electron chi connectivity index (χ0n) is 10.7. The highest BCUT2D eigenvalue weighted by Gasteiger charge is 2.11. The molecule has 1 aromatic rings. The fourth-order valence-corrected chi connectivity index (χ4v) is 1.41. The van der Waals surface area contributed by atoms with Crippen molar-refractivity contribution in [3.63, 3.8) is 0 Å². The molecule has 0 bridgehead atoms. The molecule has 2 N–H and O–H groups in total. The number of nitrogens with one attached hydrogen (secondary N) is 2. The fraction of sp³-hybridized carbons (Fsp3) is 0.417. The lowest BCUT2D eigenvalue weighted by Crippen LogP contribution is -2.31. The number of carbonyl (C=O) groups excluding carboxylic acids is 1. The first-order valence-corrected chi connectivity index (χ1v) is 5.62. The molecule has 5 nitrogen and oxygen atoms in total. The maximum Gasteiger partial charge on any atom is 0.387 e. The number of alkyl halides is 2. The van der Waals surface area contributed by atoms with E-state index in [0.717, 1.165) is 0 Å². The zero-order valence-corrected chi connectivity index (χ0v) is 10.7. The highest BCUT2D eigenvalue weighted by atomic mass is 19.3. The zero-order chi connectivity index (χ0) is 14.3. The molecule has 0 fully saturated rings. The van der Waals surface area contributed by atoms with Crippen molar-refractivity contribution in [2.45, 2.75) is 13.5 Å². The Balaban J connectivity index is 2.65. The van der Waals surface area contributed by atoms with E-state index in [4.69, 9.17) is 4.74 Å². The van der Waals surface area contributed by atoms with Gasteiger partial charge in [0, 0.05) is 24.9 Å². The van der Waals surface area contributed by atoms with Gasteiger partial charge in [-0.1, -0.05) is 6.07 Å². The summed E-state index contributed by atoms with van der Waals surface area (Å²) in [6.07, 6.45) is 0. The lowest BCUT2D eigenvalue weighted by atomic mass is 10.2. The van der Waals surface area contributed by atoms with Crippen molar-refractivity contribution >= 4 is 11.7 Å². The molecule has 1 aromatic carbocycles. The summed E-state index contributed by atoms with van der Waals surface area (Å²) in [5.41, 5.74) is 0.845. The number of hydrogen-bond acceptors (Lipinski definition) is 3. The minimum Gasteiger partial charge on any atom is -0.434 e. The third kappa shape index (κ3) is 5.09. The van der Waals surface area contributed by atoms with Gasteiger partial charge in [0.1, 0.15) is 5.75 Å². The van der Waals surface area contributed by atoms with Crippen molar-refractivity contribution in [1.29, 1.82) is 0 Å². The molecule has 0 aliphatic heterocycles. The molecule has 0 aromatic heterocycles. The van der Waals surface area contributed by atoms with E-state index in [1.807, 2.05) is 0 Å². The Morgan fingerprint density at radius 1 is 1.42 bits per heavy atom. The van der Waals surface area contributed by atoms with Crippen molar-refractivity contribution in [2.24, 2.45) is 0 Å². The van der Waals surface area contributed by atoms with Gasteiger partial charge in [0.2, 0.25) is 0 Å². The van der Waals surface area contributed by atoms with Crippen LogP contribution in [0.15, 0.2) is 18.2 Å². The quantitative estimate of drug-likeness (QED) is 0.783. The molecule has 0 unspecified atom stereocenters. The summed E-state index contributed by atoms with van der Waals surface area (Å²) in [7, 11) is 1.52. The van der Waals surface area contributed by atoms with Crippen molar-refractivity contribution < 1.29 is 23.0 Å². The number of rotatable bonds is 6. The molecule has 2 amide bonds. The van der Waals surface area contributed by atoms with Crippen molar-refractivity contribution in [3.8, 4) is 5.75 Å². The summed E-state index contributed by atoms with van der Waals surface area (Å²) in [5.74, 6) is 0.0321. The first kappa shape index (κ1) is 15.2. The van der Waals surface area contributed by atoms with Crippen LogP contribution in [0.5, 0.6) is 5.75 Å². The van der Waals surface area contributed by atoms with Crippen molar-refractivity contribution in [2.75, 3.05) is 25.6 Å². The van der Waals surface area contributed by atoms with Crippen LogP contribution in [0.1, 0.15) is 5.56 Å². The van der Waals surface area contributed by atoms with Crippen LogP contribution in [0.4, 0.5) is 19.3 Å². The predicted molar refractivity (Wildman–Crippen MR) is 66.7 cm³/mol. The molecule has 106 valence electrons. The summed E-state index contributed by atoms with van der Waals surface area (Å²) in [4.78, 5) is 11.5. The third-order valence-corrected chi connectivity index (χ3v) is 2.34. The van der Waals surface area contributed by atoms with Gasteiger partial charge < -0.3 is 20.1 Å². The van der Waals surface area contributed by atoms with Gasteiger partial charge in [-0.25, -0.2) is 4.79 Å². The number of anilines is 1. The molecule has 7 heteroatoms. The van der Waals surface area contributed by atoms with E-state index in [1.165, 1.54) is 19.2 Å². The molecule has 0 heterocycles. The lowest BCUT2D eigenvalue weighted by Gasteiger charge is -2.13. The van der Waals surface area contributed by atoms with Crippen LogP contribution in [0.2, 0.25) is 0 Å². The number of ether oxygens (including phenoxy) is 2. The van der Waals surface area contributed by atoms with Crippen LogP contribution < -0.4 is 15.4 Å². The van der Waals surface area contributed by atoms with Crippen LogP contribution >= 0.6 is 0 Å². The van der Waals surface area contributed by atoms with E-state index < -0.39 is 12.6 Å². The molecule has 0 spiro atoms. The first-order chi connectivity index (χ1) is 9.04. The molecule has 19 heavy (non-hydrogen) atoms. The monoisotopic (exact) mass is 274 g/mol. The van der Waals surface area contributed by atoms with Gasteiger partial charge in [0.05, 0.1) is 6.61 Å². The largest absolute Gasteiger partial charge is 0.434 e. The van der Waals surface area contributed by atoms with Gasteiger partial charge >= 0.3 is 12.6 Å². The number of methoxy groups -OCH3 is 1. The maximum atomic E-state index is 12.2. The van der Waals surface area contributed by atoms with E-state index in [2.05, 4.69) is 15.4 Å². The van der Waals surface area contributed by atoms with E-state index in [9.17, 15) is 13.6 Å². The highest BCUT2D eigenvalue weighted by Crippen LogP contribution is 2.26. The average molecular weight is 274 g/mol. The lowest BCUT2D eigenvalue weighted by molar-refractivity contribution is -0.0502. The standard InChI is InChI=1S/C12H16F2N2O3/c1-8-9(16-12(17)15-6-7-18-2)4-3-5-10(8)19-11(13)14/h3-5,11H,6-7H2,1-2H3,(H2,15,16,17). The Bertz CT molecular complexity index is 427. The number of benzene rings is 1. The Kier molecular flexibility index (Phi) is 6.01. The van der Waals surface area contributed by atoms with E-state index in [0.29, 0.717) is 24.4 Å². The Morgan fingerprint density at radius 3 is 2.79 bits per heavy atom. The Hall–Kier alpha value is -1.89. The van der Waals surface area contributed by atoms with Gasteiger partial charge in [0.15, 0.2) is 0 Å². The molecular formula is C12H16F2N2O3. The Morgan fingerprint density at radius 2 is 2.16 bits per heavy atom. The van der Waals surface area contributed by atoms with Crippen LogP contribution in [0.25, 0.3) is 0 Å². The van der Waals surface area contributed by atoms with Crippen molar-refractivity contribution in [3.05, 3.63) is 23.8 Å². The van der Waals surface area contributed by atoms with Crippen LogP contribution in [0.3, 0.4) is 0 Å². The molecule has 0 atom stereocenters. The summed E-state index contributed by atoms with van der Waals surface area (Å²) in [5, 5.41) is 5.11. The second-order valence-electron chi connectivity index (χ2n) is 3.68. The first-order valence-electron chi connectivity index (χ1n) is 5.62. The number of amides is 2. The Labute approximate surface area is 109 Å². The van der Waals surface area contributed by atoms with E-state index >= 15 is 0 Å². The molecule has 0 aliphatic carbocycles. The summed E-state index contributed by atoms with van der Waals surface area (Å²) >= 11 is 0. The molecular weight excluding hydrogens is 258 g/mol. The average Bonchev–Trinajstić information content (AvgIpc) is 2.34. The van der Waals surface area contributed by atoms with E-state index in [1.54, 1.807) is 13.0 Å². The van der Waals surface area contributed by atoms with Gasteiger partial charge in [-0.15, -0.1) is 0 Å². The molecule has 1 rings (SSSR count). The molecule has 0 radical (unpaired) electrons. The minimum atomic E-state index is -2.90. The highest BCUT2D eigenvalue weighted by molar-refractivity contribution is 5.90. The van der Waals surface area contributed by atoms with Crippen molar-refractivity contribution in [1.82, 2.24) is 5.32 Å². The predicted octanol–water partition coefficient (Wildman–Crippen LogP) is 2.36. The SMILES string of the molecule is COCCNC(=O)Nc1cccc(OC(F)F)c1C. The molecule has 0 aliphatic rings. The van der Waals surface area contributed by atoms with Gasteiger partial charge in [-0.05, 0) is 19.1 Å². The molecule has 0 saturated heterocycles. The topological polar surface area (TPSA) is 59.6 Å². The van der Waals surface area contributed by atoms with Gasteiger partial charge in [-0.3, -0.25) is 0 Å². The summed E-state index contributed by atoms with van der Waals surface area (Å²) in [6, 6.07) is 4.10. The smallest absolute Gasteiger partial charge is 0.387 e. The summed E-state index contributed by atoms with van der Waals surface area (Å²) < 4.78 is 33.5. The van der Waals surface area contributed by atoms with Gasteiger partial charge in [0.25, 0.3) is 0 Å². The number of hydrogen-bond donors (Lipinski definition) is 2. The van der Waals surface area contributed by atoms with Crippen LogP contribution in [-0.2, 0) is 4.74 Å². The fourth-order valence-electron chi connectivity index (χ4n) is 1.41. The minimum absolute atomic E-state index is 0.0321. The number of halogens is 2. The maximum absolute atomic E-state index is 12.2. The second-order valence-corrected chi connectivity index (χ2v) is 3.68. The summed E-state index contributed by atoms with van der Waals surface area (Å²) in [6.45, 7) is -0.567. The number of carbonyl (C=O) groups is 1. The van der Waals surface area contributed by atoms with Crippen LogP contribution in [-0.4, -0.2) is 32.9 Å². The number of urea groups is 1. The third-order valence-electron chi connectivity index (χ3n) is 2.34. The van der Waals surface area contributed by atoms with Crippen LogP contribution in [0, 0.1) is 6.92 Å². The second kappa shape index (κ2) is 7.52. The normalized spacial score (nSPS) is 10.4.